The highest BCUT2D eigenvalue weighted by molar-refractivity contribution is 7.98. The Morgan fingerprint density at radius 2 is 2.08 bits per heavy atom. The molecule has 2 aliphatic carbocycles. The van der Waals surface area contributed by atoms with E-state index in [1.807, 2.05) is 12.2 Å². The summed E-state index contributed by atoms with van der Waals surface area (Å²) >= 11 is 1.70. The predicted octanol–water partition coefficient (Wildman–Crippen LogP) is 5.04. The first kappa shape index (κ1) is 18.2. The molecule has 0 amide bonds. The Labute approximate surface area is 154 Å². The molecule has 0 aromatic heterocycles. The van der Waals surface area contributed by atoms with Gasteiger partial charge in [-0.15, -0.1) is 18.3 Å². The lowest BCUT2D eigenvalue weighted by molar-refractivity contribution is -0.113. The number of benzene rings is 1. The fourth-order valence-corrected chi connectivity index (χ4v) is 4.86. The summed E-state index contributed by atoms with van der Waals surface area (Å²) in [5, 5.41) is 10.9. The third-order valence-electron chi connectivity index (χ3n) is 5.87. The molecule has 0 unspecified atom stereocenters. The molecule has 0 radical (unpaired) electrons. The van der Waals surface area contributed by atoms with E-state index in [-0.39, 0.29) is 17.1 Å². The van der Waals surface area contributed by atoms with Crippen LogP contribution < -0.4 is 0 Å². The Hall–Kier alpha value is -1.58. The van der Waals surface area contributed by atoms with Gasteiger partial charge in [0.05, 0.1) is 6.10 Å². The van der Waals surface area contributed by atoms with E-state index in [2.05, 4.69) is 44.0 Å². The maximum atomic E-state index is 12.8. The van der Waals surface area contributed by atoms with E-state index >= 15 is 0 Å². The highest BCUT2D eigenvalue weighted by atomic mass is 32.2. The molecular formula is C22H26O2S. The van der Waals surface area contributed by atoms with Gasteiger partial charge in [-0.1, -0.05) is 30.7 Å². The number of aliphatic hydroxyl groups excluding tert-OH is 1. The van der Waals surface area contributed by atoms with E-state index in [9.17, 15) is 9.90 Å². The number of ketones is 1. The van der Waals surface area contributed by atoms with E-state index < -0.39 is 6.10 Å². The lowest BCUT2D eigenvalue weighted by Gasteiger charge is -2.50. The topological polar surface area (TPSA) is 37.3 Å². The summed E-state index contributed by atoms with van der Waals surface area (Å²) in [6, 6.07) is 8.25. The molecule has 1 aromatic carbocycles. The summed E-state index contributed by atoms with van der Waals surface area (Å²) in [4.78, 5) is 14.0. The molecule has 0 aliphatic heterocycles. The normalized spacial score (nSPS) is 30.8. The standard InChI is InChI=1S/C22H26O2S/c1-4-12-22-15(2)19(13-16-8-10-18(25-3)11-9-16)20(23)14-17(22)6-5-7-21(22)24/h4,8-11,13-15,21,24H,1,5-7,12H2,2-3H3/t15-,21-,22-/m0/s1. The Balaban J connectivity index is 2.05. The summed E-state index contributed by atoms with van der Waals surface area (Å²) in [7, 11) is 0. The van der Waals surface area contributed by atoms with Crippen molar-refractivity contribution < 1.29 is 9.90 Å². The van der Waals surface area contributed by atoms with Crippen LogP contribution in [0.3, 0.4) is 0 Å². The van der Waals surface area contributed by atoms with Crippen molar-refractivity contribution in [2.24, 2.45) is 11.3 Å². The Bertz CT molecular complexity index is 729. The van der Waals surface area contributed by atoms with Crippen LogP contribution in [0.15, 0.2) is 59.0 Å². The van der Waals surface area contributed by atoms with Crippen LogP contribution in [0, 0.1) is 11.3 Å². The van der Waals surface area contributed by atoms with Crippen LogP contribution in [0.5, 0.6) is 0 Å². The van der Waals surface area contributed by atoms with Crippen molar-refractivity contribution in [2.75, 3.05) is 6.26 Å². The highest BCUT2D eigenvalue weighted by Crippen LogP contribution is 2.54. The first-order chi connectivity index (χ1) is 12.0. The third kappa shape index (κ3) is 3.16. The van der Waals surface area contributed by atoms with Gasteiger partial charge in [0, 0.05) is 15.9 Å². The van der Waals surface area contributed by atoms with Crippen molar-refractivity contribution in [3.05, 3.63) is 59.7 Å². The molecule has 0 bridgehead atoms. The molecule has 0 saturated heterocycles. The quantitative estimate of drug-likeness (QED) is 0.467. The predicted molar refractivity (Wildman–Crippen MR) is 106 cm³/mol. The molecule has 1 saturated carbocycles. The van der Waals surface area contributed by atoms with Gasteiger partial charge in [-0.3, -0.25) is 4.79 Å². The number of carbonyl (C=O) groups excluding carboxylic acids is 1. The summed E-state index contributed by atoms with van der Waals surface area (Å²) in [6.07, 6.45) is 10.6. The van der Waals surface area contributed by atoms with Gasteiger partial charge in [0.1, 0.15) is 0 Å². The molecule has 1 fully saturated rings. The molecule has 3 heteroatoms. The summed E-state index contributed by atoms with van der Waals surface area (Å²) in [6.45, 7) is 6.00. The summed E-state index contributed by atoms with van der Waals surface area (Å²) < 4.78 is 0. The van der Waals surface area contributed by atoms with Gasteiger partial charge in [-0.05, 0) is 67.7 Å². The zero-order valence-corrected chi connectivity index (χ0v) is 15.8. The number of aliphatic hydroxyl groups is 1. The van der Waals surface area contributed by atoms with Crippen LogP contribution in [0.4, 0.5) is 0 Å². The largest absolute Gasteiger partial charge is 0.392 e. The summed E-state index contributed by atoms with van der Waals surface area (Å²) in [5.41, 5.74) is 2.56. The van der Waals surface area contributed by atoms with Crippen LogP contribution in [-0.4, -0.2) is 23.2 Å². The van der Waals surface area contributed by atoms with Crippen LogP contribution in [0.25, 0.3) is 6.08 Å². The van der Waals surface area contributed by atoms with Gasteiger partial charge in [-0.25, -0.2) is 0 Å². The minimum Gasteiger partial charge on any atom is -0.392 e. The van der Waals surface area contributed by atoms with Crippen molar-refractivity contribution in [1.82, 2.24) is 0 Å². The second-order valence-corrected chi connectivity index (χ2v) is 7.95. The maximum absolute atomic E-state index is 12.8. The minimum absolute atomic E-state index is 0.0199. The van der Waals surface area contributed by atoms with E-state index in [0.717, 1.165) is 36.0 Å². The SMILES string of the molecule is C=CC[C@@]12C(=CC(=O)C(=Cc3ccc(SC)cc3)[C@@H]1C)CCC[C@@H]2O. The smallest absolute Gasteiger partial charge is 0.182 e. The van der Waals surface area contributed by atoms with Gasteiger partial charge in [0.25, 0.3) is 0 Å². The summed E-state index contributed by atoms with van der Waals surface area (Å²) in [5.74, 6) is 0.0683. The monoisotopic (exact) mass is 354 g/mol. The third-order valence-corrected chi connectivity index (χ3v) is 6.61. The van der Waals surface area contributed by atoms with E-state index in [1.165, 1.54) is 4.90 Å². The van der Waals surface area contributed by atoms with Gasteiger partial charge in [0.15, 0.2) is 5.78 Å². The lowest BCUT2D eigenvalue weighted by atomic mass is 9.55. The van der Waals surface area contributed by atoms with Crippen LogP contribution >= 0.6 is 11.8 Å². The molecule has 3 atom stereocenters. The zero-order chi connectivity index (χ0) is 18.0. The van der Waals surface area contributed by atoms with Crippen LogP contribution in [0.2, 0.25) is 0 Å². The Morgan fingerprint density at radius 3 is 2.72 bits per heavy atom. The lowest BCUT2D eigenvalue weighted by Crippen LogP contribution is -2.48. The van der Waals surface area contributed by atoms with Crippen molar-refractivity contribution in [3.8, 4) is 0 Å². The number of hydrogen-bond donors (Lipinski definition) is 1. The second-order valence-electron chi connectivity index (χ2n) is 7.07. The molecule has 0 spiro atoms. The van der Waals surface area contributed by atoms with E-state index in [4.69, 9.17) is 0 Å². The fourth-order valence-electron chi connectivity index (χ4n) is 4.45. The molecule has 2 nitrogen and oxygen atoms in total. The van der Waals surface area contributed by atoms with Gasteiger partial charge in [0.2, 0.25) is 0 Å². The minimum atomic E-state index is -0.420. The van der Waals surface area contributed by atoms with E-state index in [1.54, 1.807) is 17.8 Å². The molecule has 1 aromatic rings. The molecular weight excluding hydrogens is 328 g/mol. The van der Waals surface area contributed by atoms with Crippen LogP contribution in [0.1, 0.15) is 38.2 Å². The fraction of sp³-hybridized carbons (Fsp3) is 0.409. The maximum Gasteiger partial charge on any atom is 0.182 e. The first-order valence-electron chi connectivity index (χ1n) is 8.93. The van der Waals surface area contributed by atoms with Gasteiger partial charge in [-0.2, -0.15) is 0 Å². The molecule has 3 rings (SSSR count). The zero-order valence-electron chi connectivity index (χ0n) is 15.0. The van der Waals surface area contributed by atoms with Crippen molar-refractivity contribution in [2.45, 2.75) is 43.6 Å². The Morgan fingerprint density at radius 1 is 1.36 bits per heavy atom. The average Bonchev–Trinajstić information content (AvgIpc) is 2.61. The number of thioether (sulfide) groups is 1. The van der Waals surface area contributed by atoms with Gasteiger partial charge < -0.3 is 5.11 Å². The van der Waals surface area contributed by atoms with E-state index in [0.29, 0.717) is 6.42 Å². The second kappa shape index (κ2) is 7.35. The van der Waals surface area contributed by atoms with Gasteiger partial charge >= 0.3 is 0 Å². The molecule has 25 heavy (non-hydrogen) atoms. The average molecular weight is 355 g/mol. The highest BCUT2D eigenvalue weighted by Gasteiger charge is 2.50. The number of allylic oxidation sites excluding steroid dienone is 3. The van der Waals surface area contributed by atoms with Crippen molar-refractivity contribution in [1.29, 1.82) is 0 Å². The molecule has 132 valence electrons. The number of fused-ring (bicyclic) bond motifs is 1. The van der Waals surface area contributed by atoms with Crippen molar-refractivity contribution >= 4 is 23.6 Å². The first-order valence-corrected chi connectivity index (χ1v) is 10.2. The van der Waals surface area contributed by atoms with Crippen LogP contribution in [-0.2, 0) is 4.79 Å². The molecule has 0 heterocycles. The number of rotatable bonds is 4. The number of hydrogen-bond acceptors (Lipinski definition) is 3. The Kier molecular flexibility index (Phi) is 5.35. The number of carbonyl (C=O) groups is 1. The molecule has 2 aliphatic rings. The van der Waals surface area contributed by atoms with Crippen molar-refractivity contribution in [3.63, 3.8) is 0 Å². The molecule has 1 N–H and O–H groups in total.